The van der Waals surface area contributed by atoms with Gasteiger partial charge in [0.15, 0.2) is 5.78 Å². The first-order chi connectivity index (χ1) is 18.8. The van der Waals surface area contributed by atoms with Gasteiger partial charge in [-0.3, -0.25) is 19.4 Å². The summed E-state index contributed by atoms with van der Waals surface area (Å²) in [6.45, 7) is 5.97. The van der Waals surface area contributed by atoms with Crippen LogP contribution in [0.2, 0.25) is 0 Å². The van der Waals surface area contributed by atoms with Crippen LogP contribution in [0.1, 0.15) is 66.1 Å². The van der Waals surface area contributed by atoms with Gasteiger partial charge in [-0.15, -0.1) is 0 Å². The summed E-state index contributed by atoms with van der Waals surface area (Å²) in [7, 11) is 1.60. The highest BCUT2D eigenvalue weighted by atomic mass is 16.5. The summed E-state index contributed by atoms with van der Waals surface area (Å²) in [5.74, 6) is 1.50. The SMILES string of the molecule is COc1ccc2c(Oc3ccc(NC(=O)c4cc5c(n([C@H](C)C(C)C)c4=O)CCCC5=O)nc3)ccnc2c1. The summed E-state index contributed by atoms with van der Waals surface area (Å²) in [5.41, 5.74) is 1.43. The van der Waals surface area contributed by atoms with Crippen molar-refractivity contribution in [2.75, 3.05) is 12.4 Å². The van der Waals surface area contributed by atoms with E-state index in [9.17, 15) is 14.4 Å². The third-order valence-electron chi connectivity index (χ3n) is 7.19. The average Bonchev–Trinajstić information content (AvgIpc) is 2.93. The minimum atomic E-state index is -0.610. The number of methoxy groups -OCH3 is 1. The molecule has 3 heterocycles. The van der Waals surface area contributed by atoms with Crippen LogP contribution < -0.4 is 20.3 Å². The van der Waals surface area contributed by atoms with E-state index in [1.165, 1.54) is 12.3 Å². The Morgan fingerprint density at radius 2 is 1.79 bits per heavy atom. The lowest BCUT2D eigenvalue weighted by Gasteiger charge is -2.27. The zero-order valence-electron chi connectivity index (χ0n) is 22.4. The van der Waals surface area contributed by atoms with Crippen LogP contribution in [0.5, 0.6) is 17.2 Å². The Labute approximate surface area is 225 Å². The van der Waals surface area contributed by atoms with Crippen LogP contribution in [0.25, 0.3) is 10.9 Å². The predicted molar refractivity (Wildman–Crippen MR) is 148 cm³/mol. The fourth-order valence-corrected chi connectivity index (χ4v) is 4.75. The van der Waals surface area contributed by atoms with Gasteiger partial charge in [0.2, 0.25) is 0 Å². The third-order valence-corrected chi connectivity index (χ3v) is 7.19. The van der Waals surface area contributed by atoms with Gasteiger partial charge in [0.1, 0.15) is 28.6 Å². The van der Waals surface area contributed by atoms with E-state index in [1.54, 1.807) is 36.1 Å². The maximum absolute atomic E-state index is 13.5. The van der Waals surface area contributed by atoms with E-state index in [2.05, 4.69) is 15.3 Å². The highest BCUT2D eigenvalue weighted by Gasteiger charge is 2.28. The van der Waals surface area contributed by atoms with E-state index >= 15 is 0 Å². The lowest BCUT2D eigenvalue weighted by Crippen LogP contribution is -2.37. The molecule has 3 aromatic heterocycles. The van der Waals surface area contributed by atoms with Crippen molar-refractivity contribution in [3.8, 4) is 17.2 Å². The fourth-order valence-electron chi connectivity index (χ4n) is 4.75. The van der Waals surface area contributed by atoms with Crippen molar-refractivity contribution in [1.29, 1.82) is 0 Å². The number of hydrogen-bond donors (Lipinski definition) is 1. The molecule has 5 rings (SSSR count). The summed E-state index contributed by atoms with van der Waals surface area (Å²) < 4.78 is 12.9. The van der Waals surface area contributed by atoms with Gasteiger partial charge in [-0.1, -0.05) is 13.8 Å². The molecule has 0 spiro atoms. The molecular formula is C30H30N4O5. The molecule has 0 aliphatic heterocycles. The molecule has 0 unspecified atom stereocenters. The zero-order chi connectivity index (χ0) is 27.7. The maximum atomic E-state index is 13.5. The number of ketones is 1. The Bertz CT molecular complexity index is 1630. The molecule has 1 amide bonds. The molecule has 9 heteroatoms. The van der Waals surface area contributed by atoms with Gasteiger partial charge in [0, 0.05) is 41.4 Å². The molecule has 200 valence electrons. The Morgan fingerprint density at radius 3 is 2.51 bits per heavy atom. The van der Waals surface area contributed by atoms with Gasteiger partial charge in [-0.25, -0.2) is 4.98 Å². The molecule has 1 aromatic carbocycles. The number of Topliss-reactive ketones (excluding diaryl/α,β-unsaturated/α-hetero) is 1. The summed E-state index contributed by atoms with van der Waals surface area (Å²) in [5, 5.41) is 3.51. The molecule has 4 aromatic rings. The average molecular weight is 527 g/mol. The van der Waals surface area contributed by atoms with E-state index in [0.717, 1.165) is 16.6 Å². The van der Waals surface area contributed by atoms with Crippen LogP contribution in [0, 0.1) is 5.92 Å². The van der Waals surface area contributed by atoms with Crippen LogP contribution in [-0.4, -0.2) is 33.3 Å². The first kappa shape index (κ1) is 26.1. The van der Waals surface area contributed by atoms with Crippen LogP contribution in [0.3, 0.4) is 0 Å². The van der Waals surface area contributed by atoms with E-state index in [0.29, 0.717) is 42.1 Å². The zero-order valence-corrected chi connectivity index (χ0v) is 22.4. The second kappa shape index (κ2) is 10.7. The number of anilines is 1. The van der Waals surface area contributed by atoms with Crippen molar-refractivity contribution in [3.63, 3.8) is 0 Å². The van der Waals surface area contributed by atoms with Crippen molar-refractivity contribution in [2.45, 2.75) is 46.1 Å². The number of nitrogens with zero attached hydrogens (tertiary/aromatic N) is 3. The minimum Gasteiger partial charge on any atom is -0.497 e. The normalized spacial score (nSPS) is 13.7. The van der Waals surface area contributed by atoms with Crippen molar-refractivity contribution in [3.05, 3.63) is 82.0 Å². The number of rotatable bonds is 7. The van der Waals surface area contributed by atoms with Crippen LogP contribution >= 0.6 is 0 Å². The number of hydrogen-bond acceptors (Lipinski definition) is 7. The second-order valence-corrected chi connectivity index (χ2v) is 9.98. The van der Waals surface area contributed by atoms with E-state index < -0.39 is 11.5 Å². The van der Waals surface area contributed by atoms with Crippen LogP contribution in [0.4, 0.5) is 5.82 Å². The Kier molecular flexibility index (Phi) is 7.15. The number of ether oxygens (including phenoxy) is 2. The summed E-state index contributed by atoms with van der Waals surface area (Å²) >= 11 is 0. The van der Waals surface area contributed by atoms with Crippen molar-refractivity contribution >= 4 is 28.4 Å². The summed E-state index contributed by atoms with van der Waals surface area (Å²) in [6.07, 6.45) is 4.88. The molecule has 9 nitrogen and oxygen atoms in total. The molecule has 1 aliphatic rings. The van der Waals surface area contributed by atoms with Gasteiger partial charge >= 0.3 is 0 Å². The monoisotopic (exact) mass is 526 g/mol. The highest BCUT2D eigenvalue weighted by Crippen LogP contribution is 2.31. The molecule has 1 N–H and O–H groups in total. The first-order valence-electron chi connectivity index (χ1n) is 13.0. The van der Waals surface area contributed by atoms with E-state index in [1.807, 2.05) is 39.0 Å². The molecule has 0 bridgehead atoms. The van der Waals surface area contributed by atoms with Crippen molar-refractivity contribution in [1.82, 2.24) is 14.5 Å². The number of pyridine rings is 3. The van der Waals surface area contributed by atoms with Crippen molar-refractivity contribution in [2.24, 2.45) is 5.92 Å². The maximum Gasteiger partial charge on any atom is 0.263 e. The minimum absolute atomic E-state index is 0.0447. The second-order valence-electron chi connectivity index (χ2n) is 9.98. The lowest BCUT2D eigenvalue weighted by atomic mass is 9.91. The van der Waals surface area contributed by atoms with Gasteiger partial charge in [-0.2, -0.15) is 0 Å². The molecule has 0 saturated carbocycles. The van der Waals surface area contributed by atoms with Gasteiger partial charge in [-0.05, 0) is 62.1 Å². The fraction of sp³-hybridized carbons (Fsp3) is 0.300. The predicted octanol–water partition coefficient (Wildman–Crippen LogP) is 5.58. The largest absolute Gasteiger partial charge is 0.497 e. The number of aromatic nitrogens is 3. The number of benzene rings is 1. The van der Waals surface area contributed by atoms with E-state index in [-0.39, 0.29) is 29.1 Å². The van der Waals surface area contributed by atoms with Crippen LogP contribution in [0.15, 0.2) is 59.7 Å². The van der Waals surface area contributed by atoms with Crippen molar-refractivity contribution < 1.29 is 19.1 Å². The third kappa shape index (κ3) is 5.12. The van der Waals surface area contributed by atoms with Gasteiger partial charge in [0.05, 0.1) is 18.8 Å². The summed E-state index contributed by atoms with van der Waals surface area (Å²) in [6, 6.07) is 11.8. The molecule has 39 heavy (non-hydrogen) atoms. The number of carbonyl (C=O) groups is 2. The quantitative estimate of drug-likeness (QED) is 0.334. The molecule has 0 saturated heterocycles. The molecule has 1 atom stereocenters. The lowest BCUT2D eigenvalue weighted by molar-refractivity contribution is 0.0969. The van der Waals surface area contributed by atoms with Gasteiger partial charge < -0.3 is 19.4 Å². The molecular weight excluding hydrogens is 496 g/mol. The first-order valence-corrected chi connectivity index (χ1v) is 13.0. The number of fused-ring (bicyclic) bond motifs is 2. The Balaban J connectivity index is 1.39. The molecule has 1 aliphatic carbocycles. The Hall–Kier alpha value is -4.53. The number of amides is 1. The standard InChI is InChI=1S/C30H30N4O5/c1-17(2)18(3)34-25-6-5-7-26(35)22(25)15-23(30(34)37)29(36)33-28-11-9-20(16-32-28)39-27-12-13-31-24-14-19(38-4)8-10-21(24)27/h8-18H,5-7H2,1-4H3,(H,32,33,36)/t18-/m1/s1. The molecule has 0 radical (unpaired) electrons. The smallest absolute Gasteiger partial charge is 0.263 e. The number of nitrogens with one attached hydrogen (secondary N) is 1. The molecule has 0 fully saturated rings. The van der Waals surface area contributed by atoms with Crippen LogP contribution in [-0.2, 0) is 6.42 Å². The van der Waals surface area contributed by atoms with Gasteiger partial charge in [0.25, 0.3) is 11.5 Å². The number of carbonyl (C=O) groups excluding carboxylic acids is 2. The Morgan fingerprint density at radius 1 is 1.00 bits per heavy atom. The van der Waals surface area contributed by atoms with E-state index in [4.69, 9.17) is 9.47 Å². The highest BCUT2D eigenvalue weighted by molar-refractivity contribution is 6.06. The topological polar surface area (TPSA) is 112 Å². The summed E-state index contributed by atoms with van der Waals surface area (Å²) in [4.78, 5) is 48.0.